The van der Waals surface area contributed by atoms with Gasteiger partial charge in [-0.15, -0.1) is 0 Å². The van der Waals surface area contributed by atoms with Crippen molar-refractivity contribution in [3.63, 3.8) is 0 Å². The van der Waals surface area contributed by atoms with Crippen molar-refractivity contribution in [3.05, 3.63) is 35.4 Å². The molecular weight excluding hydrogens is 300 g/mol. The van der Waals surface area contributed by atoms with Gasteiger partial charge in [-0.1, -0.05) is 0 Å². The molecule has 3 aliphatic rings. The van der Waals surface area contributed by atoms with Crippen molar-refractivity contribution in [2.24, 2.45) is 0 Å². The summed E-state index contributed by atoms with van der Waals surface area (Å²) >= 11 is 0. The van der Waals surface area contributed by atoms with Crippen molar-refractivity contribution < 1.29 is 28.8 Å². The number of ether oxygens (including phenoxy) is 5. The van der Waals surface area contributed by atoms with E-state index in [-0.39, 0.29) is 24.6 Å². The first-order valence-electron chi connectivity index (χ1n) is 7.38. The average molecular weight is 314 g/mol. The highest BCUT2D eigenvalue weighted by Gasteiger charge is 2.42. The maximum atomic E-state index is 10.1. The van der Waals surface area contributed by atoms with Gasteiger partial charge in [0.2, 0.25) is 6.79 Å². The summed E-state index contributed by atoms with van der Waals surface area (Å²) < 4.78 is 28.0. The minimum atomic E-state index is -0.201. The molecule has 23 heavy (non-hydrogen) atoms. The molecule has 0 saturated heterocycles. The van der Waals surface area contributed by atoms with Crippen LogP contribution in [0.25, 0.3) is 0 Å². The third-order valence-electron chi connectivity index (χ3n) is 4.56. The Labute approximate surface area is 132 Å². The highest BCUT2D eigenvalue weighted by molar-refractivity contribution is 5.59. The van der Waals surface area contributed by atoms with Gasteiger partial charge in [0, 0.05) is 23.3 Å². The number of hydrogen-bond acceptors (Lipinski definition) is 6. The molecule has 118 valence electrons. The number of hydrogen-bond donors (Lipinski definition) is 1. The zero-order valence-electron chi connectivity index (χ0n) is 12.4. The Hall–Kier alpha value is -2.76. The lowest BCUT2D eigenvalue weighted by Gasteiger charge is -2.28. The lowest BCUT2D eigenvalue weighted by Crippen LogP contribution is -2.23. The van der Waals surface area contributed by atoms with Gasteiger partial charge in [0.25, 0.3) is 0 Å². The number of benzene rings is 2. The Morgan fingerprint density at radius 1 is 0.957 bits per heavy atom. The lowest BCUT2D eigenvalue weighted by atomic mass is 9.89. The van der Waals surface area contributed by atoms with Gasteiger partial charge in [-0.2, -0.15) is 0 Å². The summed E-state index contributed by atoms with van der Waals surface area (Å²) in [6.07, 6.45) is -0.201. The Morgan fingerprint density at radius 3 is 2.61 bits per heavy atom. The van der Waals surface area contributed by atoms with Crippen LogP contribution in [0.3, 0.4) is 0 Å². The number of phenolic OH excluding ortho intramolecular Hbond substituents is 1. The van der Waals surface area contributed by atoms with Crippen LogP contribution in [0.5, 0.6) is 34.5 Å². The molecule has 2 atom stereocenters. The molecule has 2 aromatic carbocycles. The molecule has 0 bridgehead atoms. The molecule has 3 aliphatic heterocycles. The normalized spacial score (nSPS) is 22.5. The Bertz CT molecular complexity index is 815. The summed E-state index contributed by atoms with van der Waals surface area (Å²) in [6.45, 7) is 0.734. The van der Waals surface area contributed by atoms with Gasteiger partial charge >= 0.3 is 0 Å². The van der Waals surface area contributed by atoms with E-state index in [0.29, 0.717) is 23.9 Å². The van der Waals surface area contributed by atoms with Crippen LogP contribution in [0.1, 0.15) is 23.1 Å². The van der Waals surface area contributed by atoms with Crippen molar-refractivity contribution in [1.82, 2.24) is 0 Å². The molecule has 2 aromatic rings. The van der Waals surface area contributed by atoms with Crippen LogP contribution in [0.2, 0.25) is 0 Å². The summed E-state index contributed by atoms with van der Waals surface area (Å²) in [5.41, 5.74) is 1.86. The van der Waals surface area contributed by atoms with E-state index in [1.807, 2.05) is 12.1 Å². The molecule has 0 aromatic heterocycles. The van der Waals surface area contributed by atoms with E-state index in [1.54, 1.807) is 12.1 Å². The SMILES string of the molecule is COc1cc2c(cc1O)[C@H]1Oc3cc4c(cc3[C@H]1CO2)OCO4. The fourth-order valence-corrected chi connectivity index (χ4v) is 3.43. The van der Waals surface area contributed by atoms with Crippen molar-refractivity contribution in [3.8, 4) is 34.5 Å². The van der Waals surface area contributed by atoms with E-state index in [4.69, 9.17) is 23.7 Å². The quantitative estimate of drug-likeness (QED) is 0.873. The first-order valence-corrected chi connectivity index (χ1v) is 7.38. The van der Waals surface area contributed by atoms with Crippen LogP contribution in [0.15, 0.2) is 24.3 Å². The second-order valence-electron chi connectivity index (χ2n) is 5.76. The number of fused-ring (bicyclic) bond motifs is 6. The summed E-state index contributed by atoms with van der Waals surface area (Å²) in [5.74, 6) is 3.39. The Balaban J connectivity index is 1.59. The van der Waals surface area contributed by atoms with Crippen LogP contribution >= 0.6 is 0 Å². The molecule has 1 N–H and O–H groups in total. The molecule has 6 heteroatoms. The van der Waals surface area contributed by atoms with Crippen molar-refractivity contribution in [2.75, 3.05) is 20.5 Å². The average Bonchev–Trinajstić information content (AvgIpc) is 3.15. The van der Waals surface area contributed by atoms with Gasteiger partial charge in [0.15, 0.2) is 23.0 Å². The second kappa shape index (κ2) is 4.38. The summed E-state index contributed by atoms with van der Waals surface area (Å²) in [6, 6.07) is 7.16. The fourth-order valence-electron chi connectivity index (χ4n) is 3.43. The Morgan fingerprint density at radius 2 is 1.78 bits per heavy atom. The largest absolute Gasteiger partial charge is 0.504 e. The van der Waals surface area contributed by atoms with E-state index in [1.165, 1.54) is 7.11 Å². The van der Waals surface area contributed by atoms with E-state index < -0.39 is 0 Å². The van der Waals surface area contributed by atoms with Gasteiger partial charge in [0.05, 0.1) is 19.6 Å². The lowest BCUT2D eigenvalue weighted by molar-refractivity contribution is 0.137. The smallest absolute Gasteiger partial charge is 0.231 e. The molecule has 0 aliphatic carbocycles. The van der Waals surface area contributed by atoms with E-state index in [9.17, 15) is 5.11 Å². The second-order valence-corrected chi connectivity index (χ2v) is 5.76. The highest BCUT2D eigenvalue weighted by atomic mass is 16.7. The van der Waals surface area contributed by atoms with E-state index in [2.05, 4.69) is 0 Å². The van der Waals surface area contributed by atoms with Crippen LogP contribution < -0.4 is 23.7 Å². The molecule has 0 spiro atoms. The first kappa shape index (κ1) is 12.8. The maximum absolute atomic E-state index is 10.1. The summed E-state index contributed by atoms with van der Waals surface area (Å²) in [5, 5.41) is 10.1. The minimum Gasteiger partial charge on any atom is -0.504 e. The maximum Gasteiger partial charge on any atom is 0.231 e. The Kier molecular flexibility index (Phi) is 2.43. The predicted molar refractivity (Wildman–Crippen MR) is 78.8 cm³/mol. The van der Waals surface area contributed by atoms with Crippen molar-refractivity contribution in [1.29, 1.82) is 0 Å². The third kappa shape index (κ3) is 1.69. The van der Waals surface area contributed by atoms with Gasteiger partial charge in [0.1, 0.15) is 17.6 Å². The molecule has 3 heterocycles. The minimum absolute atomic E-state index is 0.0554. The van der Waals surface area contributed by atoms with Crippen LogP contribution in [-0.2, 0) is 0 Å². The van der Waals surface area contributed by atoms with Crippen LogP contribution in [-0.4, -0.2) is 25.6 Å². The standard InChI is InChI=1S/C17H14O6/c1-19-14-4-12-9(2-11(14)18)17-10(6-20-12)8-3-15-16(22-7-21-15)5-13(8)23-17/h2-5,10,17-18H,6-7H2,1H3/t10-,17-/m1/s1. The van der Waals surface area contributed by atoms with Gasteiger partial charge in [-0.05, 0) is 12.1 Å². The topological polar surface area (TPSA) is 66.4 Å². The van der Waals surface area contributed by atoms with Gasteiger partial charge in [-0.25, -0.2) is 0 Å². The number of rotatable bonds is 1. The van der Waals surface area contributed by atoms with Crippen LogP contribution in [0.4, 0.5) is 0 Å². The molecular formula is C17H14O6. The number of aromatic hydroxyl groups is 1. The monoisotopic (exact) mass is 314 g/mol. The molecule has 0 saturated carbocycles. The molecule has 0 radical (unpaired) electrons. The number of methoxy groups -OCH3 is 1. The molecule has 0 amide bonds. The van der Waals surface area contributed by atoms with E-state index >= 15 is 0 Å². The highest BCUT2D eigenvalue weighted by Crippen LogP contribution is 2.55. The molecule has 5 rings (SSSR count). The summed E-state index contributed by atoms with van der Waals surface area (Å²) in [7, 11) is 1.51. The summed E-state index contributed by atoms with van der Waals surface area (Å²) in [4.78, 5) is 0. The molecule has 6 nitrogen and oxygen atoms in total. The molecule has 0 fully saturated rings. The molecule has 0 unspecified atom stereocenters. The third-order valence-corrected chi connectivity index (χ3v) is 4.56. The fraction of sp³-hybridized carbons (Fsp3) is 0.294. The zero-order valence-corrected chi connectivity index (χ0v) is 12.4. The van der Waals surface area contributed by atoms with E-state index in [0.717, 1.165) is 22.6 Å². The van der Waals surface area contributed by atoms with Crippen molar-refractivity contribution in [2.45, 2.75) is 12.0 Å². The van der Waals surface area contributed by atoms with Gasteiger partial charge in [-0.3, -0.25) is 0 Å². The van der Waals surface area contributed by atoms with Gasteiger partial charge < -0.3 is 28.8 Å². The van der Waals surface area contributed by atoms with Crippen molar-refractivity contribution >= 4 is 0 Å². The first-order chi connectivity index (χ1) is 11.2. The number of phenols is 1. The predicted octanol–water partition coefficient (Wildman–Crippen LogP) is 2.74. The zero-order chi connectivity index (χ0) is 15.6. The van der Waals surface area contributed by atoms with Crippen LogP contribution in [0, 0.1) is 0 Å².